The van der Waals surface area contributed by atoms with Gasteiger partial charge in [0, 0.05) is 70.3 Å². The molecule has 7 rings (SSSR count). The zero-order valence-corrected chi connectivity index (χ0v) is 28.0. The van der Waals surface area contributed by atoms with Crippen LogP contribution < -0.4 is 20.7 Å². The highest BCUT2D eigenvalue weighted by molar-refractivity contribution is 14.2. The molecule has 0 saturated carbocycles. The molecule has 4 atom stereocenters. The van der Waals surface area contributed by atoms with Crippen molar-refractivity contribution < 1.29 is 26.7 Å². The third kappa shape index (κ3) is 5.82. The van der Waals surface area contributed by atoms with Crippen molar-refractivity contribution in [1.82, 2.24) is 25.2 Å². The molecule has 2 aromatic heterocycles. The number of fused-ring (bicyclic) bond motifs is 4. The summed E-state index contributed by atoms with van der Waals surface area (Å²) in [7, 11) is 0.988. The minimum atomic E-state index is -4.96. The molecule has 0 radical (unpaired) electrons. The summed E-state index contributed by atoms with van der Waals surface area (Å²) in [5.74, 6) is 1.41. The summed E-state index contributed by atoms with van der Waals surface area (Å²) in [6.07, 6.45) is -2.05. The minimum Gasteiger partial charge on any atom is -0.461 e. The van der Waals surface area contributed by atoms with E-state index in [1.54, 1.807) is 0 Å². The first kappa shape index (κ1) is 32.2. The van der Waals surface area contributed by atoms with Gasteiger partial charge in [-0.25, -0.2) is 13.8 Å². The fraction of sp³-hybridized carbons (Fsp3) is 0.500. The van der Waals surface area contributed by atoms with Crippen LogP contribution in [0.5, 0.6) is 6.01 Å². The van der Waals surface area contributed by atoms with Crippen molar-refractivity contribution in [2.45, 2.75) is 62.1 Å². The Balaban J connectivity index is 1.39. The van der Waals surface area contributed by atoms with Crippen LogP contribution in [0.25, 0.3) is 22.2 Å². The van der Waals surface area contributed by atoms with E-state index in [-0.39, 0.29) is 46.4 Å². The third-order valence-electron chi connectivity index (χ3n) is 9.37. The Hall–Kier alpha value is -2.39. The maximum Gasteiger partial charge on any atom is 0.419 e. The number of piperazine rings is 1. The number of pyridine rings is 1. The SMILES string of the molecule is Nc1cc(C#CSI)c(C(F)(F)F)c(-c2c(Cl)cc3c(N4CC5CCC(C4)N5)nc(OC[C@@]45CCCN4CC(F)C5)nc3c2F)n1. The van der Waals surface area contributed by atoms with Crippen LogP contribution in [-0.2, 0) is 6.18 Å². The summed E-state index contributed by atoms with van der Waals surface area (Å²) >= 11 is 8.46. The van der Waals surface area contributed by atoms with Crippen LogP contribution in [0, 0.1) is 17.0 Å². The molecular formula is C30H28ClF5IN7OS. The molecule has 3 N–H and O–H groups in total. The normalized spacial score (nSPS) is 26.0. The van der Waals surface area contributed by atoms with E-state index in [1.165, 1.54) is 6.07 Å². The van der Waals surface area contributed by atoms with E-state index in [0.29, 0.717) is 31.9 Å². The number of rotatable bonds is 5. The standard InChI is InChI=1S/C30H28ClF5IN7OS/c31-20-9-19-25(24(33)22(20)26-23(30(34,35)36)15(4-7-46-37)8-21(38)40-26)41-28(42-27(19)43-12-17-2-3-18(13-43)39-17)45-14-29-5-1-6-44(29)11-16(32)10-29/h8-9,16-18,39H,1-3,5-6,10-14H2,(H2,38,40)/t16?,17?,18?,29-/m0/s1. The second kappa shape index (κ2) is 12.2. The number of hydrogen-bond donors (Lipinski definition) is 2. The van der Waals surface area contributed by atoms with E-state index in [2.05, 4.69) is 31.4 Å². The van der Waals surface area contributed by atoms with Gasteiger partial charge in [0.25, 0.3) is 0 Å². The molecule has 16 heteroatoms. The highest BCUT2D eigenvalue weighted by Gasteiger charge is 2.49. The zero-order chi connectivity index (χ0) is 32.4. The predicted octanol–water partition coefficient (Wildman–Crippen LogP) is 6.37. The van der Waals surface area contributed by atoms with Gasteiger partial charge < -0.3 is 20.7 Å². The molecule has 0 spiro atoms. The van der Waals surface area contributed by atoms with Gasteiger partial charge in [-0.3, -0.25) is 4.90 Å². The van der Waals surface area contributed by atoms with Crippen molar-refractivity contribution in [2.75, 3.05) is 43.4 Å². The van der Waals surface area contributed by atoms with Gasteiger partial charge in [-0.1, -0.05) is 17.5 Å². The van der Waals surface area contributed by atoms with Gasteiger partial charge in [-0.15, -0.1) is 0 Å². The largest absolute Gasteiger partial charge is 0.461 e. The van der Waals surface area contributed by atoms with Gasteiger partial charge in [0.2, 0.25) is 0 Å². The topological polar surface area (TPSA) is 92.4 Å². The second-order valence-electron chi connectivity index (χ2n) is 12.3. The number of benzene rings is 1. The van der Waals surface area contributed by atoms with Gasteiger partial charge in [-0.05, 0) is 58.5 Å². The summed E-state index contributed by atoms with van der Waals surface area (Å²) in [5, 5.41) is 5.99. The van der Waals surface area contributed by atoms with Gasteiger partial charge >= 0.3 is 12.2 Å². The predicted molar refractivity (Wildman–Crippen MR) is 176 cm³/mol. The summed E-state index contributed by atoms with van der Waals surface area (Å²) in [5.41, 5.74) is 2.02. The Morgan fingerprint density at radius 3 is 2.65 bits per heavy atom. The van der Waals surface area contributed by atoms with Crippen LogP contribution >= 0.6 is 41.7 Å². The van der Waals surface area contributed by atoms with Crippen LogP contribution in [0.1, 0.15) is 43.2 Å². The molecule has 4 aliphatic rings. The Kier molecular flexibility index (Phi) is 8.57. The molecule has 2 bridgehead atoms. The third-order valence-corrected chi connectivity index (χ3v) is 10.5. The lowest BCUT2D eigenvalue weighted by Gasteiger charge is -2.34. The van der Waals surface area contributed by atoms with Crippen LogP contribution in [0.2, 0.25) is 5.02 Å². The number of nitrogens with one attached hydrogen (secondary N) is 1. The fourth-order valence-electron chi connectivity index (χ4n) is 7.51. The van der Waals surface area contributed by atoms with E-state index >= 15 is 4.39 Å². The molecule has 0 amide bonds. The summed E-state index contributed by atoms with van der Waals surface area (Å²) in [6, 6.07) is 2.62. The number of anilines is 2. The highest BCUT2D eigenvalue weighted by Crippen LogP contribution is 2.45. The molecule has 46 heavy (non-hydrogen) atoms. The van der Waals surface area contributed by atoms with E-state index in [1.807, 2.05) is 26.1 Å². The minimum absolute atomic E-state index is 0.0963. The number of aromatic nitrogens is 3. The smallest absolute Gasteiger partial charge is 0.419 e. The van der Waals surface area contributed by atoms with Gasteiger partial charge in [0.15, 0.2) is 5.82 Å². The number of hydrogen-bond acceptors (Lipinski definition) is 9. The molecule has 6 heterocycles. The van der Waals surface area contributed by atoms with E-state index in [9.17, 15) is 17.6 Å². The van der Waals surface area contributed by atoms with Crippen LogP contribution in [0.3, 0.4) is 0 Å². The highest BCUT2D eigenvalue weighted by atomic mass is 127. The first-order valence-electron chi connectivity index (χ1n) is 14.8. The van der Waals surface area contributed by atoms with Crippen molar-refractivity contribution in [2.24, 2.45) is 0 Å². The lowest BCUT2D eigenvalue weighted by molar-refractivity contribution is -0.137. The van der Waals surface area contributed by atoms with Crippen molar-refractivity contribution in [3.63, 3.8) is 0 Å². The summed E-state index contributed by atoms with van der Waals surface area (Å²) in [6.45, 7) is 2.33. The van der Waals surface area contributed by atoms with E-state index in [4.69, 9.17) is 27.1 Å². The first-order valence-corrected chi connectivity index (χ1v) is 18.6. The number of halogens is 7. The van der Waals surface area contributed by atoms with Crippen LogP contribution in [0.15, 0.2) is 12.1 Å². The maximum atomic E-state index is 16.8. The molecular weight excluding hydrogens is 764 g/mol. The van der Waals surface area contributed by atoms with Gasteiger partial charge in [0.05, 0.1) is 27.4 Å². The summed E-state index contributed by atoms with van der Waals surface area (Å²) in [4.78, 5) is 17.1. The Labute approximate surface area is 282 Å². The lowest BCUT2D eigenvalue weighted by atomic mass is 9.95. The summed E-state index contributed by atoms with van der Waals surface area (Å²) < 4.78 is 81.0. The Bertz CT molecular complexity index is 1760. The Morgan fingerprint density at radius 1 is 1.17 bits per heavy atom. The average molecular weight is 792 g/mol. The average Bonchev–Trinajstić information content (AvgIpc) is 3.64. The molecule has 3 unspecified atom stereocenters. The number of nitrogens with zero attached hydrogens (tertiary/aromatic N) is 5. The second-order valence-corrected chi connectivity index (χ2v) is 14.4. The molecule has 244 valence electrons. The van der Waals surface area contributed by atoms with Crippen LogP contribution in [0.4, 0.5) is 33.6 Å². The van der Waals surface area contributed by atoms with Crippen molar-refractivity contribution in [1.29, 1.82) is 0 Å². The first-order chi connectivity index (χ1) is 22.0. The zero-order valence-electron chi connectivity index (χ0n) is 24.2. The van der Waals surface area contributed by atoms with Crippen molar-refractivity contribution in [3.8, 4) is 28.4 Å². The monoisotopic (exact) mass is 791 g/mol. The van der Waals surface area contributed by atoms with E-state index < -0.39 is 46.1 Å². The van der Waals surface area contributed by atoms with E-state index in [0.717, 1.165) is 47.2 Å². The number of nitrogen functional groups attached to an aromatic ring is 1. The fourth-order valence-corrected chi connectivity index (χ4v) is 8.27. The lowest BCUT2D eigenvalue weighted by Crippen LogP contribution is -2.51. The molecule has 4 fully saturated rings. The maximum absolute atomic E-state index is 16.8. The molecule has 8 nitrogen and oxygen atoms in total. The number of nitrogens with two attached hydrogens (primary N) is 1. The van der Waals surface area contributed by atoms with Gasteiger partial charge in [0.1, 0.15) is 29.9 Å². The molecule has 1 aromatic carbocycles. The molecule has 4 aliphatic heterocycles. The number of ether oxygens (including phenoxy) is 1. The number of alkyl halides is 4. The van der Waals surface area contributed by atoms with Crippen molar-refractivity contribution in [3.05, 3.63) is 34.1 Å². The van der Waals surface area contributed by atoms with Crippen molar-refractivity contribution >= 4 is 64.3 Å². The van der Waals surface area contributed by atoms with Crippen LogP contribution in [-0.4, -0.2) is 76.4 Å². The molecule has 3 aromatic rings. The van der Waals surface area contributed by atoms with Gasteiger partial charge in [-0.2, -0.15) is 23.1 Å². The molecule has 0 aliphatic carbocycles. The quantitative estimate of drug-likeness (QED) is 0.174. The Morgan fingerprint density at radius 2 is 1.93 bits per heavy atom. The molecule has 4 saturated heterocycles.